The van der Waals surface area contributed by atoms with Crippen LogP contribution >= 0.6 is 0 Å². The number of rotatable bonds is 3. The zero-order valence-corrected chi connectivity index (χ0v) is 14.9. The molecule has 0 fully saturated rings. The maximum Gasteiger partial charge on any atom is 0.142 e. The summed E-state index contributed by atoms with van der Waals surface area (Å²) >= 11 is 0. The highest BCUT2D eigenvalue weighted by Crippen LogP contribution is 2.33. The van der Waals surface area contributed by atoms with Gasteiger partial charge >= 0.3 is 0 Å². The van der Waals surface area contributed by atoms with Crippen molar-refractivity contribution in [2.45, 2.75) is 0 Å². The van der Waals surface area contributed by atoms with Crippen LogP contribution in [0.25, 0.3) is 33.5 Å². The van der Waals surface area contributed by atoms with Crippen LogP contribution in [-0.4, -0.2) is 4.98 Å². The van der Waals surface area contributed by atoms with Crippen LogP contribution < -0.4 is 5.73 Å². The lowest BCUT2D eigenvalue weighted by molar-refractivity contribution is 0.631. The molecule has 4 aromatic rings. The van der Waals surface area contributed by atoms with E-state index in [4.69, 9.17) is 5.73 Å². The standard InChI is InChI=1S/C24H16FN3/c25-22-9-5-4-8-19(22)23-14-20(21(15-26)24(27)28-23)18-12-10-17(11-13-18)16-6-2-1-3-7-16/h1-14H,(H2,27,28). The van der Waals surface area contributed by atoms with Gasteiger partial charge in [-0.15, -0.1) is 0 Å². The van der Waals surface area contributed by atoms with Crippen LogP contribution in [0.15, 0.2) is 84.9 Å². The predicted molar refractivity (Wildman–Crippen MR) is 110 cm³/mol. The van der Waals surface area contributed by atoms with Crippen LogP contribution in [0.5, 0.6) is 0 Å². The van der Waals surface area contributed by atoms with Crippen LogP contribution in [0.1, 0.15) is 5.56 Å². The molecule has 0 aliphatic rings. The number of hydrogen-bond donors (Lipinski definition) is 1. The molecule has 3 aromatic carbocycles. The zero-order chi connectivity index (χ0) is 19.5. The maximum atomic E-state index is 14.2. The minimum Gasteiger partial charge on any atom is -0.383 e. The Morgan fingerprint density at radius 1 is 0.750 bits per heavy atom. The fraction of sp³-hybridized carbons (Fsp3) is 0. The SMILES string of the molecule is N#Cc1c(-c2ccc(-c3ccccc3)cc2)cc(-c2ccccc2F)nc1N. The van der Waals surface area contributed by atoms with E-state index in [2.05, 4.69) is 11.1 Å². The predicted octanol–water partition coefficient (Wildman–Crippen LogP) is 5.68. The van der Waals surface area contributed by atoms with Crippen molar-refractivity contribution in [2.24, 2.45) is 0 Å². The number of nitrogen functional groups attached to an aromatic ring is 1. The Bertz CT molecular complexity index is 1180. The number of nitrogens with zero attached hydrogens (tertiary/aromatic N) is 2. The van der Waals surface area contributed by atoms with Gasteiger partial charge in [-0.05, 0) is 34.9 Å². The normalized spacial score (nSPS) is 10.4. The maximum absolute atomic E-state index is 14.2. The summed E-state index contributed by atoms with van der Waals surface area (Å²) in [6.45, 7) is 0. The summed E-state index contributed by atoms with van der Waals surface area (Å²) in [7, 11) is 0. The minimum atomic E-state index is -0.385. The van der Waals surface area contributed by atoms with Crippen molar-refractivity contribution in [1.29, 1.82) is 5.26 Å². The van der Waals surface area contributed by atoms with E-state index < -0.39 is 0 Å². The molecule has 2 N–H and O–H groups in total. The van der Waals surface area contributed by atoms with E-state index in [1.807, 2.05) is 54.6 Å². The van der Waals surface area contributed by atoms with Crippen molar-refractivity contribution < 1.29 is 4.39 Å². The molecule has 0 saturated heterocycles. The van der Waals surface area contributed by atoms with E-state index in [0.29, 0.717) is 16.8 Å². The molecule has 28 heavy (non-hydrogen) atoms. The third kappa shape index (κ3) is 3.22. The number of halogens is 1. The second kappa shape index (κ2) is 7.34. The molecule has 0 saturated carbocycles. The summed E-state index contributed by atoms with van der Waals surface area (Å²) in [5.74, 6) is -0.296. The highest BCUT2D eigenvalue weighted by Gasteiger charge is 2.15. The first kappa shape index (κ1) is 17.4. The highest BCUT2D eigenvalue weighted by atomic mass is 19.1. The second-order valence-electron chi connectivity index (χ2n) is 6.35. The van der Waals surface area contributed by atoms with Gasteiger partial charge in [-0.1, -0.05) is 66.7 Å². The number of hydrogen-bond acceptors (Lipinski definition) is 3. The van der Waals surface area contributed by atoms with E-state index in [0.717, 1.165) is 16.7 Å². The first-order valence-electron chi connectivity index (χ1n) is 8.79. The van der Waals surface area contributed by atoms with Gasteiger partial charge in [0.15, 0.2) is 0 Å². The average molecular weight is 365 g/mol. The molecule has 134 valence electrons. The number of pyridine rings is 1. The fourth-order valence-corrected chi connectivity index (χ4v) is 3.19. The summed E-state index contributed by atoms with van der Waals surface area (Å²) in [6.07, 6.45) is 0. The van der Waals surface area contributed by atoms with Crippen LogP contribution in [0.4, 0.5) is 10.2 Å². The molecule has 0 spiro atoms. The monoisotopic (exact) mass is 365 g/mol. The Kier molecular flexibility index (Phi) is 4.57. The Morgan fingerprint density at radius 2 is 1.36 bits per heavy atom. The van der Waals surface area contributed by atoms with Crippen LogP contribution in [0.3, 0.4) is 0 Å². The van der Waals surface area contributed by atoms with Crippen molar-refractivity contribution in [3.8, 4) is 39.6 Å². The molecule has 3 nitrogen and oxygen atoms in total. The topological polar surface area (TPSA) is 62.7 Å². The summed E-state index contributed by atoms with van der Waals surface area (Å²) in [6, 6.07) is 28.1. The van der Waals surface area contributed by atoms with Gasteiger partial charge in [-0.2, -0.15) is 5.26 Å². The van der Waals surface area contributed by atoms with Crippen molar-refractivity contribution in [2.75, 3.05) is 5.73 Å². The largest absolute Gasteiger partial charge is 0.383 e. The van der Waals surface area contributed by atoms with E-state index in [1.165, 1.54) is 6.07 Å². The van der Waals surface area contributed by atoms with Crippen molar-refractivity contribution >= 4 is 5.82 Å². The van der Waals surface area contributed by atoms with Gasteiger partial charge in [-0.3, -0.25) is 0 Å². The minimum absolute atomic E-state index is 0.0883. The number of benzene rings is 3. The average Bonchev–Trinajstić information content (AvgIpc) is 2.74. The molecular weight excluding hydrogens is 349 g/mol. The summed E-state index contributed by atoms with van der Waals surface area (Å²) in [4.78, 5) is 4.24. The molecular formula is C24H16FN3. The smallest absolute Gasteiger partial charge is 0.142 e. The van der Waals surface area contributed by atoms with Crippen LogP contribution in [0.2, 0.25) is 0 Å². The molecule has 0 aliphatic heterocycles. The van der Waals surface area contributed by atoms with Crippen molar-refractivity contribution in [1.82, 2.24) is 4.98 Å². The lowest BCUT2D eigenvalue weighted by atomic mass is 9.96. The molecule has 0 atom stereocenters. The Balaban J connectivity index is 1.83. The number of aromatic nitrogens is 1. The van der Waals surface area contributed by atoms with Gasteiger partial charge in [0.05, 0.1) is 5.69 Å². The molecule has 1 heterocycles. The number of nitriles is 1. The first-order valence-corrected chi connectivity index (χ1v) is 8.79. The van der Waals surface area contributed by atoms with Gasteiger partial charge in [0.25, 0.3) is 0 Å². The van der Waals surface area contributed by atoms with Gasteiger partial charge in [0.1, 0.15) is 23.3 Å². The van der Waals surface area contributed by atoms with Crippen LogP contribution in [-0.2, 0) is 0 Å². The van der Waals surface area contributed by atoms with E-state index in [-0.39, 0.29) is 17.2 Å². The summed E-state index contributed by atoms with van der Waals surface area (Å²) in [5.41, 5.74) is 10.7. The van der Waals surface area contributed by atoms with E-state index >= 15 is 0 Å². The fourth-order valence-electron chi connectivity index (χ4n) is 3.19. The lowest BCUT2D eigenvalue weighted by Gasteiger charge is -2.11. The summed E-state index contributed by atoms with van der Waals surface area (Å²) < 4.78 is 14.2. The molecule has 1 aromatic heterocycles. The Morgan fingerprint density at radius 3 is 2.04 bits per heavy atom. The molecule has 0 aliphatic carbocycles. The molecule has 0 unspecified atom stereocenters. The lowest BCUT2D eigenvalue weighted by Crippen LogP contribution is -2.00. The van der Waals surface area contributed by atoms with E-state index in [1.54, 1.807) is 24.3 Å². The Labute approximate surface area is 162 Å². The van der Waals surface area contributed by atoms with Crippen LogP contribution in [0, 0.1) is 17.1 Å². The van der Waals surface area contributed by atoms with Gasteiger partial charge in [0.2, 0.25) is 0 Å². The molecule has 0 radical (unpaired) electrons. The second-order valence-corrected chi connectivity index (χ2v) is 6.35. The molecule has 0 amide bonds. The van der Waals surface area contributed by atoms with Gasteiger partial charge in [-0.25, -0.2) is 9.37 Å². The summed E-state index contributed by atoms with van der Waals surface area (Å²) in [5, 5.41) is 9.57. The molecule has 0 bridgehead atoms. The number of nitrogens with two attached hydrogens (primary N) is 1. The molecule has 4 rings (SSSR count). The van der Waals surface area contributed by atoms with Crippen molar-refractivity contribution in [3.05, 3.63) is 96.3 Å². The van der Waals surface area contributed by atoms with Crippen molar-refractivity contribution in [3.63, 3.8) is 0 Å². The number of anilines is 1. The van der Waals surface area contributed by atoms with Gasteiger partial charge < -0.3 is 5.73 Å². The first-order chi connectivity index (χ1) is 13.7. The molecule has 4 heteroatoms. The zero-order valence-electron chi connectivity index (χ0n) is 14.9. The third-order valence-electron chi connectivity index (χ3n) is 4.61. The Hall–Kier alpha value is -3.97. The van der Waals surface area contributed by atoms with E-state index in [9.17, 15) is 9.65 Å². The third-order valence-corrected chi connectivity index (χ3v) is 4.61. The highest BCUT2D eigenvalue weighted by molar-refractivity contribution is 5.81. The quantitative estimate of drug-likeness (QED) is 0.508. The van der Waals surface area contributed by atoms with Gasteiger partial charge in [0, 0.05) is 11.1 Å².